The maximum Gasteiger partial charge on any atom is 0.248 e. The van der Waals surface area contributed by atoms with Crippen LogP contribution in [0.15, 0.2) is 36.5 Å². The number of carbonyl (C=O) groups is 2. The van der Waals surface area contributed by atoms with Crippen molar-refractivity contribution in [1.29, 1.82) is 0 Å². The highest BCUT2D eigenvalue weighted by atomic mass is 16.3. The van der Waals surface area contributed by atoms with Gasteiger partial charge in [-0.15, -0.1) is 5.10 Å². The van der Waals surface area contributed by atoms with E-state index < -0.39 is 23.6 Å². The van der Waals surface area contributed by atoms with Crippen molar-refractivity contribution < 1.29 is 14.7 Å². The highest BCUT2D eigenvalue weighted by molar-refractivity contribution is 5.90. The summed E-state index contributed by atoms with van der Waals surface area (Å²) < 4.78 is 1.63. The Bertz CT molecular complexity index is 1270. The topological polar surface area (TPSA) is 131 Å². The Hall–Kier alpha value is -3.60. The first-order valence-electron chi connectivity index (χ1n) is 12.8. The highest BCUT2D eigenvalue weighted by Crippen LogP contribution is 2.40. The van der Waals surface area contributed by atoms with Crippen LogP contribution in [0.3, 0.4) is 0 Å². The number of para-hydroxylation sites is 1. The molecule has 1 saturated heterocycles. The quantitative estimate of drug-likeness (QED) is 0.500. The van der Waals surface area contributed by atoms with Gasteiger partial charge in [-0.2, -0.15) is 15.0 Å². The van der Waals surface area contributed by atoms with Gasteiger partial charge in [-0.3, -0.25) is 9.59 Å². The zero-order valence-corrected chi connectivity index (χ0v) is 21.7. The lowest BCUT2D eigenvalue weighted by Crippen LogP contribution is -2.50. The number of nitrogens with zero attached hydrogens (tertiary/aromatic N) is 7. The van der Waals surface area contributed by atoms with E-state index in [0.29, 0.717) is 17.3 Å². The van der Waals surface area contributed by atoms with Crippen LogP contribution in [-0.4, -0.2) is 70.5 Å². The van der Waals surface area contributed by atoms with E-state index in [-0.39, 0.29) is 31.3 Å². The normalized spacial score (nSPS) is 20.7. The van der Waals surface area contributed by atoms with Crippen LogP contribution < -0.4 is 5.32 Å². The Morgan fingerprint density at radius 2 is 1.89 bits per heavy atom. The number of amides is 2. The molecule has 0 radical (unpaired) electrons. The lowest BCUT2D eigenvalue weighted by molar-refractivity contribution is -0.144. The Kier molecular flexibility index (Phi) is 6.57. The molecule has 1 aromatic carbocycles. The summed E-state index contributed by atoms with van der Waals surface area (Å²) in [5, 5.41) is 30.9. The zero-order chi connectivity index (χ0) is 26.3. The van der Waals surface area contributed by atoms with Gasteiger partial charge in [0.05, 0.1) is 29.7 Å². The molecule has 5 rings (SSSR count). The summed E-state index contributed by atoms with van der Waals surface area (Å²) in [6, 6.07) is 8.10. The lowest BCUT2D eigenvalue weighted by atomic mass is 9.85. The van der Waals surface area contributed by atoms with Gasteiger partial charge in [-0.1, -0.05) is 44.2 Å². The molecule has 1 aliphatic carbocycles. The minimum absolute atomic E-state index is 0.0941. The number of likely N-dealkylation sites (tertiary alicyclic amines) is 1. The van der Waals surface area contributed by atoms with Crippen molar-refractivity contribution in [3.05, 3.63) is 53.6 Å². The number of nitrogens with one attached hydrogen (secondary N) is 1. The van der Waals surface area contributed by atoms with Crippen molar-refractivity contribution in [2.75, 3.05) is 6.54 Å². The molecule has 2 fully saturated rings. The molecule has 0 bridgehead atoms. The van der Waals surface area contributed by atoms with Crippen molar-refractivity contribution in [3.8, 4) is 5.69 Å². The Morgan fingerprint density at radius 3 is 2.57 bits per heavy atom. The van der Waals surface area contributed by atoms with Crippen LogP contribution in [0.1, 0.15) is 69.1 Å². The smallest absolute Gasteiger partial charge is 0.248 e. The van der Waals surface area contributed by atoms with Crippen molar-refractivity contribution in [2.24, 2.45) is 5.41 Å². The SMILES string of the molecule is Cc1nn(-c2ccccc2)nc1CNC(=O)[C@@H]1C[C@@H](O)CN1C(=O)[C@@H](n1cc(C2CC2)nn1)C(C)(C)C. The lowest BCUT2D eigenvalue weighted by Gasteiger charge is -2.34. The van der Waals surface area contributed by atoms with Crippen LogP contribution in [-0.2, 0) is 16.1 Å². The van der Waals surface area contributed by atoms with Gasteiger partial charge >= 0.3 is 0 Å². The summed E-state index contributed by atoms with van der Waals surface area (Å²) in [5.74, 6) is -0.161. The van der Waals surface area contributed by atoms with Gasteiger partial charge in [-0.05, 0) is 37.3 Å². The van der Waals surface area contributed by atoms with Crippen LogP contribution in [0.25, 0.3) is 5.69 Å². The van der Waals surface area contributed by atoms with E-state index in [2.05, 4.69) is 25.8 Å². The van der Waals surface area contributed by atoms with Gasteiger partial charge in [-0.25, -0.2) is 4.68 Å². The van der Waals surface area contributed by atoms with Crippen LogP contribution in [0, 0.1) is 12.3 Å². The fraction of sp³-hybridized carbons (Fsp3) is 0.538. The summed E-state index contributed by atoms with van der Waals surface area (Å²) in [7, 11) is 0. The first-order chi connectivity index (χ1) is 17.6. The largest absolute Gasteiger partial charge is 0.391 e. The molecule has 1 aliphatic heterocycles. The second-order valence-electron chi connectivity index (χ2n) is 11.1. The molecule has 0 unspecified atom stereocenters. The fourth-order valence-electron chi connectivity index (χ4n) is 4.86. The van der Waals surface area contributed by atoms with Gasteiger partial charge in [0.1, 0.15) is 17.8 Å². The van der Waals surface area contributed by atoms with Crippen LogP contribution >= 0.6 is 0 Å². The molecule has 37 heavy (non-hydrogen) atoms. The average Bonchev–Trinajstić information content (AvgIpc) is 3.27. The molecule has 196 valence electrons. The standard InChI is InChI=1S/C26H34N8O3/c1-16-20(30-34(29-16)18-8-6-5-7-9-18)13-27-24(36)22-12-19(35)14-32(22)25(37)23(26(2,3)4)33-15-21(28-31-33)17-10-11-17/h5-9,15,17,19,22-23,35H,10-14H2,1-4H3,(H,27,36)/t19-,22+,23-/m1/s1. The first-order valence-corrected chi connectivity index (χ1v) is 12.8. The predicted molar refractivity (Wildman–Crippen MR) is 135 cm³/mol. The Labute approximate surface area is 215 Å². The number of aryl methyl sites for hydroxylation is 1. The molecule has 2 amide bonds. The third-order valence-electron chi connectivity index (χ3n) is 7.00. The van der Waals surface area contributed by atoms with Gasteiger partial charge in [0.2, 0.25) is 11.8 Å². The van der Waals surface area contributed by atoms with Gasteiger partial charge in [0.15, 0.2) is 0 Å². The predicted octanol–water partition coefficient (Wildman–Crippen LogP) is 1.91. The Morgan fingerprint density at radius 1 is 1.16 bits per heavy atom. The minimum Gasteiger partial charge on any atom is -0.391 e. The summed E-state index contributed by atoms with van der Waals surface area (Å²) >= 11 is 0. The monoisotopic (exact) mass is 506 g/mol. The maximum atomic E-state index is 13.9. The number of rotatable bonds is 7. The van der Waals surface area contributed by atoms with Gasteiger partial charge < -0.3 is 15.3 Å². The molecule has 11 nitrogen and oxygen atoms in total. The summed E-state index contributed by atoms with van der Waals surface area (Å²) in [5.41, 5.74) is 2.58. The molecule has 0 spiro atoms. The highest BCUT2D eigenvalue weighted by Gasteiger charge is 2.45. The van der Waals surface area contributed by atoms with Crippen molar-refractivity contribution in [1.82, 2.24) is 40.2 Å². The van der Waals surface area contributed by atoms with E-state index in [9.17, 15) is 14.7 Å². The number of carbonyl (C=O) groups excluding carboxylic acids is 2. The first kappa shape index (κ1) is 25.1. The second kappa shape index (κ2) is 9.70. The minimum atomic E-state index is -0.789. The van der Waals surface area contributed by atoms with E-state index in [1.807, 2.05) is 64.2 Å². The zero-order valence-electron chi connectivity index (χ0n) is 21.7. The van der Waals surface area contributed by atoms with Crippen molar-refractivity contribution in [3.63, 3.8) is 0 Å². The van der Waals surface area contributed by atoms with Crippen molar-refractivity contribution in [2.45, 2.75) is 77.6 Å². The number of hydrogen-bond acceptors (Lipinski definition) is 7. The van der Waals surface area contributed by atoms with Crippen LogP contribution in [0.4, 0.5) is 0 Å². The third-order valence-corrected chi connectivity index (χ3v) is 7.00. The second-order valence-corrected chi connectivity index (χ2v) is 11.1. The van der Waals surface area contributed by atoms with E-state index in [1.54, 1.807) is 4.68 Å². The maximum absolute atomic E-state index is 13.9. The molecule has 3 heterocycles. The molecule has 2 N–H and O–H groups in total. The number of aromatic nitrogens is 6. The summed E-state index contributed by atoms with van der Waals surface area (Å²) in [6.07, 6.45) is 3.43. The van der Waals surface area contributed by atoms with E-state index in [0.717, 1.165) is 24.2 Å². The molecule has 11 heteroatoms. The number of benzene rings is 1. The van der Waals surface area contributed by atoms with E-state index in [1.165, 1.54) is 9.70 Å². The average molecular weight is 507 g/mol. The molecule has 3 atom stereocenters. The summed E-state index contributed by atoms with van der Waals surface area (Å²) in [6.45, 7) is 8.00. The molecular formula is C26H34N8O3. The van der Waals surface area contributed by atoms with Crippen LogP contribution in [0.2, 0.25) is 0 Å². The molecule has 2 aliphatic rings. The fourth-order valence-corrected chi connectivity index (χ4v) is 4.86. The van der Waals surface area contributed by atoms with Gasteiger partial charge in [0, 0.05) is 25.1 Å². The number of aliphatic hydroxyl groups excluding tert-OH is 1. The van der Waals surface area contributed by atoms with Crippen LogP contribution in [0.5, 0.6) is 0 Å². The van der Waals surface area contributed by atoms with E-state index in [4.69, 9.17) is 0 Å². The number of aliphatic hydroxyl groups is 1. The number of β-amino-alcohol motifs (C(OH)–C–C–N with tert-alkyl or cyclic N) is 1. The van der Waals surface area contributed by atoms with E-state index >= 15 is 0 Å². The molecular weight excluding hydrogens is 472 g/mol. The molecule has 2 aromatic heterocycles. The van der Waals surface area contributed by atoms with Gasteiger partial charge in [0.25, 0.3) is 0 Å². The summed E-state index contributed by atoms with van der Waals surface area (Å²) in [4.78, 5) is 30.2. The number of hydrogen-bond donors (Lipinski definition) is 2. The third kappa shape index (κ3) is 5.27. The molecule has 1 saturated carbocycles. The Balaban J connectivity index is 1.31. The van der Waals surface area contributed by atoms with Crippen molar-refractivity contribution >= 4 is 11.8 Å². The molecule has 3 aromatic rings.